The Labute approximate surface area is 116 Å². The molecule has 4 nitrogen and oxygen atoms in total. The zero-order valence-corrected chi connectivity index (χ0v) is 12.6. The Bertz CT molecular complexity index is 358. The molecule has 0 saturated carbocycles. The molecule has 0 bridgehead atoms. The molecule has 0 fully saturated rings. The first kappa shape index (κ1) is 15.8. The molecule has 1 aromatic rings. The standard InChI is InChI=1S/C15H26N2O2/c1-11(2)16-9-12(3)17-10-13-14(18-4)7-6-8-15(13)19-5/h6-8,11-12,16-17H,9-10H2,1-5H3. The van der Waals surface area contributed by atoms with E-state index in [1.165, 1.54) is 0 Å². The van der Waals surface area contributed by atoms with Crippen LogP contribution in [0.25, 0.3) is 0 Å². The van der Waals surface area contributed by atoms with Gasteiger partial charge in [-0.1, -0.05) is 19.9 Å². The van der Waals surface area contributed by atoms with Gasteiger partial charge in [-0.25, -0.2) is 0 Å². The van der Waals surface area contributed by atoms with Crippen LogP contribution in [0.5, 0.6) is 11.5 Å². The van der Waals surface area contributed by atoms with Crippen LogP contribution in [0.1, 0.15) is 26.3 Å². The Morgan fingerprint density at radius 3 is 2.05 bits per heavy atom. The fraction of sp³-hybridized carbons (Fsp3) is 0.600. The van der Waals surface area contributed by atoms with Crippen molar-refractivity contribution in [3.8, 4) is 11.5 Å². The van der Waals surface area contributed by atoms with E-state index in [0.29, 0.717) is 12.1 Å². The van der Waals surface area contributed by atoms with Crippen molar-refractivity contribution in [2.24, 2.45) is 0 Å². The highest BCUT2D eigenvalue weighted by Crippen LogP contribution is 2.27. The lowest BCUT2D eigenvalue weighted by molar-refractivity contribution is 0.378. The first-order valence-corrected chi connectivity index (χ1v) is 6.75. The van der Waals surface area contributed by atoms with Crippen LogP contribution in [-0.2, 0) is 6.54 Å². The molecule has 2 N–H and O–H groups in total. The van der Waals surface area contributed by atoms with Gasteiger partial charge < -0.3 is 20.1 Å². The normalized spacial score (nSPS) is 12.5. The number of benzene rings is 1. The maximum absolute atomic E-state index is 5.38. The van der Waals surface area contributed by atoms with E-state index in [4.69, 9.17) is 9.47 Å². The molecule has 4 heteroatoms. The highest BCUT2D eigenvalue weighted by atomic mass is 16.5. The van der Waals surface area contributed by atoms with Gasteiger partial charge in [0.2, 0.25) is 0 Å². The summed E-state index contributed by atoms with van der Waals surface area (Å²) in [5.74, 6) is 1.71. The third kappa shape index (κ3) is 5.09. The third-order valence-corrected chi connectivity index (χ3v) is 2.99. The SMILES string of the molecule is COc1cccc(OC)c1CNC(C)CNC(C)C. The molecule has 0 radical (unpaired) electrons. The average molecular weight is 266 g/mol. The zero-order chi connectivity index (χ0) is 14.3. The predicted molar refractivity (Wildman–Crippen MR) is 79.0 cm³/mol. The smallest absolute Gasteiger partial charge is 0.127 e. The van der Waals surface area contributed by atoms with Gasteiger partial charge >= 0.3 is 0 Å². The van der Waals surface area contributed by atoms with E-state index in [2.05, 4.69) is 31.4 Å². The number of nitrogens with one attached hydrogen (secondary N) is 2. The van der Waals surface area contributed by atoms with Crippen LogP contribution in [0.2, 0.25) is 0 Å². The molecular weight excluding hydrogens is 240 g/mol. The van der Waals surface area contributed by atoms with Crippen molar-refractivity contribution in [2.75, 3.05) is 20.8 Å². The van der Waals surface area contributed by atoms with Crippen LogP contribution >= 0.6 is 0 Å². The lowest BCUT2D eigenvalue weighted by Crippen LogP contribution is -2.38. The van der Waals surface area contributed by atoms with E-state index >= 15 is 0 Å². The second-order valence-electron chi connectivity index (χ2n) is 4.99. The lowest BCUT2D eigenvalue weighted by atomic mass is 10.1. The second-order valence-corrected chi connectivity index (χ2v) is 4.99. The summed E-state index contributed by atoms with van der Waals surface area (Å²) < 4.78 is 10.8. The number of hydrogen-bond donors (Lipinski definition) is 2. The molecule has 0 saturated heterocycles. The van der Waals surface area contributed by atoms with Crippen LogP contribution in [0, 0.1) is 0 Å². The van der Waals surface area contributed by atoms with Crippen molar-refractivity contribution >= 4 is 0 Å². The van der Waals surface area contributed by atoms with E-state index in [9.17, 15) is 0 Å². The van der Waals surface area contributed by atoms with Gasteiger partial charge in [0.15, 0.2) is 0 Å². The van der Waals surface area contributed by atoms with Crippen LogP contribution in [0.4, 0.5) is 0 Å². The Morgan fingerprint density at radius 1 is 1.00 bits per heavy atom. The highest BCUT2D eigenvalue weighted by Gasteiger charge is 2.11. The molecule has 0 aliphatic carbocycles. The van der Waals surface area contributed by atoms with E-state index in [0.717, 1.165) is 30.2 Å². The minimum absolute atomic E-state index is 0.386. The summed E-state index contributed by atoms with van der Waals surface area (Å²) in [6, 6.07) is 6.74. The molecule has 19 heavy (non-hydrogen) atoms. The largest absolute Gasteiger partial charge is 0.496 e. The Hall–Kier alpha value is -1.26. The van der Waals surface area contributed by atoms with Crippen LogP contribution < -0.4 is 20.1 Å². The molecule has 1 unspecified atom stereocenters. The van der Waals surface area contributed by atoms with Crippen LogP contribution in [-0.4, -0.2) is 32.8 Å². The average Bonchev–Trinajstić information content (AvgIpc) is 2.42. The van der Waals surface area contributed by atoms with Gasteiger partial charge in [0.05, 0.1) is 14.2 Å². The zero-order valence-electron chi connectivity index (χ0n) is 12.6. The molecule has 0 aromatic heterocycles. The molecule has 1 rings (SSSR count). The summed E-state index contributed by atoms with van der Waals surface area (Å²) in [7, 11) is 3.37. The maximum atomic E-state index is 5.38. The Morgan fingerprint density at radius 2 is 1.58 bits per heavy atom. The molecular formula is C15H26N2O2. The summed E-state index contributed by atoms with van der Waals surface area (Å²) in [6.07, 6.45) is 0. The third-order valence-electron chi connectivity index (χ3n) is 2.99. The second kappa shape index (κ2) is 8.02. The van der Waals surface area contributed by atoms with E-state index in [1.807, 2.05) is 18.2 Å². The first-order chi connectivity index (χ1) is 9.08. The number of rotatable bonds is 8. The molecule has 108 valence electrons. The lowest BCUT2D eigenvalue weighted by Gasteiger charge is -2.19. The molecule has 0 aliphatic rings. The van der Waals surface area contributed by atoms with Gasteiger partial charge in [-0.15, -0.1) is 0 Å². The van der Waals surface area contributed by atoms with Crippen molar-refractivity contribution in [2.45, 2.75) is 39.4 Å². The molecule has 1 aromatic carbocycles. The number of ether oxygens (including phenoxy) is 2. The van der Waals surface area contributed by atoms with Crippen molar-refractivity contribution in [1.82, 2.24) is 10.6 Å². The van der Waals surface area contributed by atoms with E-state index < -0.39 is 0 Å². The predicted octanol–water partition coefficient (Wildman–Crippen LogP) is 2.18. The van der Waals surface area contributed by atoms with Crippen LogP contribution in [0.15, 0.2) is 18.2 Å². The van der Waals surface area contributed by atoms with Crippen molar-refractivity contribution < 1.29 is 9.47 Å². The van der Waals surface area contributed by atoms with E-state index in [-0.39, 0.29) is 0 Å². The maximum Gasteiger partial charge on any atom is 0.127 e. The van der Waals surface area contributed by atoms with Gasteiger partial charge in [0.25, 0.3) is 0 Å². The monoisotopic (exact) mass is 266 g/mol. The van der Waals surface area contributed by atoms with Crippen molar-refractivity contribution in [1.29, 1.82) is 0 Å². The van der Waals surface area contributed by atoms with Gasteiger partial charge in [-0.05, 0) is 19.1 Å². The van der Waals surface area contributed by atoms with Crippen molar-refractivity contribution in [3.63, 3.8) is 0 Å². The van der Waals surface area contributed by atoms with Gasteiger partial charge in [0.1, 0.15) is 11.5 Å². The Balaban J connectivity index is 2.61. The summed E-state index contributed by atoms with van der Waals surface area (Å²) in [4.78, 5) is 0. The quantitative estimate of drug-likeness (QED) is 0.757. The summed E-state index contributed by atoms with van der Waals surface area (Å²) in [5, 5.41) is 6.89. The summed E-state index contributed by atoms with van der Waals surface area (Å²) in [6.45, 7) is 8.13. The Kier molecular flexibility index (Phi) is 6.67. The molecule has 1 atom stereocenters. The summed E-state index contributed by atoms with van der Waals surface area (Å²) >= 11 is 0. The highest BCUT2D eigenvalue weighted by molar-refractivity contribution is 5.44. The van der Waals surface area contributed by atoms with Crippen molar-refractivity contribution in [3.05, 3.63) is 23.8 Å². The van der Waals surface area contributed by atoms with Gasteiger partial charge in [-0.2, -0.15) is 0 Å². The van der Waals surface area contributed by atoms with Crippen LogP contribution in [0.3, 0.4) is 0 Å². The summed E-state index contributed by atoms with van der Waals surface area (Å²) in [5.41, 5.74) is 1.06. The molecule has 0 heterocycles. The fourth-order valence-electron chi connectivity index (χ4n) is 1.86. The molecule has 0 spiro atoms. The fourth-order valence-corrected chi connectivity index (χ4v) is 1.86. The molecule has 0 aliphatic heterocycles. The van der Waals surface area contributed by atoms with E-state index in [1.54, 1.807) is 14.2 Å². The first-order valence-electron chi connectivity index (χ1n) is 6.75. The number of methoxy groups -OCH3 is 2. The van der Waals surface area contributed by atoms with Gasteiger partial charge in [-0.3, -0.25) is 0 Å². The van der Waals surface area contributed by atoms with Gasteiger partial charge in [0, 0.05) is 30.7 Å². The molecule has 0 amide bonds. The minimum Gasteiger partial charge on any atom is -0.496 e. The number of hydrogen-bond acceptors (Lipinski definition) is 4. The topological polar surface area (TPSA) is 42.5 Å². The minimum atomic E-state index is 0.386.